The second-order valence-corrected chi connectivity index (χ2v) is 6.14. The van der Waals surface area contributed by atoms with E-state index in [-0.39, 0.29) is 11.9 Å². The van der Waals surface area contributed by atoms with Crippen LogP contribution in [0.1, 0.15) is 24.9 Å². The molecule has 0 fully saturated rings. The number of nitrogens with zero attached hydrogens (tertiary/aromatic N) is 1. The van der Waals surface area contributed by atoms with Crippen LogP contribution in [0.15, 0.2) is 53.7 Å². The Morgan fingerprint density at radius 1 is 1.29 bits per heavy atom. The molecule has 0 bridgehead atoms. The smallest absolute Gasteiger partial charge is 0.221 e. The maximum absolute atomic E-state index is 11.9. The number of thioether (sulfide) groups is 1. The molecule has 21 heavy (non-hydrogen) atoms. The van der Waals surface area contributed by atoms with Crippen LogP contribution < -0.4 is 5.32 Å². The third kappa shape index (κ3) is 5.06. The summed E-state index contributed by atoms with van der Waals surface area (Å²) in [6.07, 6.45) is 3.92. The Morgan fingerprint density at radius 3 is 2.71 bits per heavy atom. The highest BCUT2D eigenvalue weighted by Crippen LogP contribution is 2.26. The number of hydrogen-bond donors (Lipinski definition) is 1. The number of carbonyl (C=O) groups excluding carboxylic acids is 1. The van der Waals surface area contributed by atoms with E-state index in [0.29, 0.717) is 12.2 Å². The van der Waals surface area contributed by atoms with Crippen LogP contribution >= 0.6 is 23.4 Å². The molecule has 3 nitrogen and oxygen atoms in total. The second-order valence-electron chi connectivity index (χ2n) is 4.60. The van der Waals surface area contributed by atoms with Gasteiger partial charge in [-0.15, -0.1) is 11.8 Å². The summed E-state index contributed by atoms with van der Waals surface area (Å²) in [5.41, 5.74) is 1.05. The molecule has 0 saturated carbocycles. The Hall–Kier alpha value is -1.52. The van der Waals surface area contributed by atoms with Crippen LogP contribution in [0.3, 0.4) is 0 Å². The zero-order valence-electron chi connectivity index (χ0n) is 11.8. The molecule has 110 valence electrons. The van der Waals surface area contributed by atoms with Crippen molar-refractivity contribution >= 4 is 29.3 Å². The molecule has 0 aliphatic heterocycles. The molecule has 2 aromatic rings. The summed E-state index contributed by atoms with van der Waals surface area (Å²) >= 11 is 7.67. The molecule has 2 rings (SSSR count). The lowest BCUT2D eigenvalue weighted by Crippen LogP contribution is -2.26. The second kappa shape index (κ2) is 8.05. The van der Waals surface area contributed by atoms with Gasteiger partial charge in [0.25, 0.3) is 0 Å². The molecule has 0 saturated heterocycles. The summed E-state index contributed by atoms with van der Waals surface area (Å²) < 4.78 is 0. The van der Waals surface area contributed by atoms with E-state index in [1.54, 1.807) is 24.2 Å². The van der Waals surface area contributed by atoms with Crippen molar-refractivity contribution in [2.45, 2.75) is 24.3 Å². The third-order valence-corrected chi connectivity index (χ3v) is 4.52. The van der Waals surface area contributed by atoms with Crippen molar-refractivity contribution in [1.82, 2.24) is 10.3 Å². The van der Waals surface area contributed by atoms with E-state index in [4.69, 9.17) is 11.6 Å². The normalized spacial score (nSPS) is 11.9. The minimum Gasteiger partial charge on any atom is -0.350 e. The van der Waals surface area contributed by atoms with Crippen LogP contribution in [-0.2, 0) is 4.79 Å². The SMILES string of the molecule is CC(NC(=O)CCSc1ccccc1Cl)c1ccncc1. The molecule has 0 aliphatic rings. The molecule has 1 heterocycles. The van der Waals surface area contributed by atoms with Gasteiger partial charge in [0.15, 0.2) is 0 Å². The maximum atomic E-state index is 11.9. The van der Waals surface area contributed by atoms with Crippen LogP contribution in [-0.4, -0.2) is 16.6 Å². The van der Waals surface area contributed by atoms with Crippen LogP contribution in [0.2, 0.25) is 5.02 Å². The fraction of sp³-hybridized carbons (Fsp3) is 0.250. The largest absolute Gasteiger partial charge is 0.350 e. The van der Waals surface area contributed by atoms with Crippen molar-refractivity contribution in [1.29, 1.82) is 0 Å². The molecule has 1 aromatic carbocycles. The average molecular weight is 321 g/mol. The van der Waals surface area contributed by atoms with Crippen LogP contribution in [0, 0.1) is 0 Å². The van der Waals surface area contributed by atoms with Gasteiger partial charge in [0.2, 0.25) is 5.91 Å². The fourth-order valence-corrected chi connectivity index (χ4v) is 3.05. The lowest BCUT2D eigenvalue weighted by atomic mass is 10.1. The van der Waals surface area contributed by atoms with E-state index in [0.717, 1.165) is 15.5 Å². The Morgan fingerprint density at radius 2 is 2.00 bits per heavy atom. The summed E-state index contributed by atoms with van der Waals surface area (Å²) in [6, 6.07) is 11.5. The van der Waals surface area contributed by atoms with Gasteiger partial charge < -0.3 is 5.32 Å². The number of rotatable bonds is 6. The van der Waals surface area contributed by atoms with Gasteiger partial charge in [-0.1, -0.05) is 23.7 Å². The van der Waals surface area contributed by atoms with Crippen LogP contribution in [0.25, 0.3) is 0 Å². The number of hydrogen-bond acceptors (Lipinski definition) is 3. The molecule has 5 heteroatoms. The molecule has 0 aliphatic carbocycles. The molecule has 1 N–H and O–H groups in total. The zero-order chi connectivity index (χ0) is 15.1. The Kier molecular flexibility index (Phi) is 6.08. The van der Waals surface area contributed by atoms with Crippen molar-refractivity contribution in [3.05, 3.63) is 59.4 Å². The maximum Gasteiger partial charge on any atom is 0.221 e. The lowest BCUT2D eigenvalue weighted by Gasteiger charge is -2.14. The van der Waals surface area contributed by atoms with Gasteiger partial charge in [-0.2, -0.15) is 0 Å². The van der Waals surface area contributed by atoms with E-state index >= 15 is 0 Å². The highest BCUT2D eigenvalue weighted by molar-refractivity contribution is 7.99. The minimum absolute atomic E-state index is 0.00851. The van der Waals surface area contributed by atoms with Crippen LogP contribution in [0.4, 0.5) is 0 Å². The number of halogens is 1. The quantitative estimate of drug-likeness (QED) is 0.815. The van der Waals surface area contributed by atoms with Crippen molar-refractivity contribution in [2.24, 2.45) is 0 Å². The van der Waals surface area contributed by atoms with Crippen molar-refractivity contribution in [3.8, 4) is 0 Å². The van der Waals surface area contributed by atoms with Gasteiger partial charge in [0.1, 0.15) is 0 Å². The Bertz CT molecular complexity index is 592. The van der Waals surface area contributed by atoms with Gasteiger partial charge in [-0.3, -0.25) is 9.78 Å². The Labute approximate surface area is 134 Å². The molecule has 1 unspecified atom stereocenters. The first-order chi connectivity index (χ1) is 10.2. The van der Waals surface area contributed by atoms with E-state index < -0.39 is 0 Å². The first-order valence-corrected chi connectivity index (χ1v) is 8.10. The van der Waals surface area contributed by atoms with E-state index in [1.165, 1.54) is 0 Å². The van der Waals surface area contributed by atoms with Crippen molar-refractivity contribution in [2.75, 3.05) is 5.75 Å². The highest BCUT2D eigenvalue weighted by Gasteiger charge is 2.09. The van der Waals surface area contributed by atoms with Gasteiger partial charge >= 0.3 is 0 Å². The minimum atomic E-state index is -0.00851. The summed E-state index contributed by atoms with van der Waals surface area (Å²) in [4.78, 5) is 16.9. The van der Waals surface area contributed by atoms with Crippen molar-refractivity contribution < 1.29 is 4.79 Å². The first-order valence-electron chi connectivity index (χ1n) is 6.73. The summed E-state index contributed by atoms with van der Waals surface area (Å²) in [5.74, 6) is 0.748. The molecule has 1 amide bonds. The van der Waals surface area contributed by atoms with E-state index in [9.17, 15) is 4.79 Å². The van der Waals surface area contributed by atoms with Gasteiger partial charge in [-0.05, 0) is 36.8 Å². The van der Waals surface area contributed by atoms with Crippen LogP contribution in [0.5, 0.6) is 0 Å². The topological polar surface area (TPSA) is 42.0 Å². The molecule has 0 spiro atoms. The molecule has 1 atom stereocenters. The number of aromatic nitrogens is 1. The highest BCUT2D eigenvalue weighted by atomic mass is 35.5. The summed E-state index contributed by atoms with van der Waals surface area (Å²) in [5, 5.41) is 3.71. The van der Waals surface area contributed by atoms with E-state index in [2.05, 4.69) is 10.3 Å². The molecular weight excluding hydrogens is 304 g/mol. The fourth-order valence-electron chi connectivity index (χ4n) is 1.86. The number of pyridine rings is 1. The number of benzene rings is 1. The standard InChI is InChI=1S/C16H17ClN2OS/c1-12(13-6-9-18-10-7-13)19-16(20)8-11-21-15-5-3-2-4-14(15)17/h2-7,9-10,12H,8,11H2,1H3,(H,19,20). The summed E-state index contributed by atoms with van der Waals surface area (Å²) in [6.45, 7) is 1.97. The first kappa shape index (κ1) is 15.9. The predicted octanol–water partition coefficient (Wildman–Crippen LogP) is 4.09. The monoisotopic (exact) mass is 320 g/mol. The van der Waals surface area contributed by atoms with Gasteiger partial charge in [0, 0.05) is 29.5 Å². The van der Waals surface area contributed by atoms with E-state index in [1.807, 2.05) is 43.3 Å². The summed E-state index contributed by atoms with van der Waals surface area (Å²) in [7, 11) is 0. The van der Waals surface area contributed by atoms with Crippen molar-refractivity contribution in [3.63, 3.8) is 0 Å². The average Bonchev–Trinajstić information content (AvgIpc) is 2.50. The van der Waals surface area contributed by atoms with Gasteiger partial charge in [0.05, 0.1) is 11.1 Å². The Balaban J connectivity index is 1.76. The zero-order valence-corrected chi connectivity index (χ0v) is 13.3. The van der Waals surface area contributed by atoms with Gasteiger partial charge in [-0.25, -0.2) is 0 Å². The number of carbonyl (C=O) groups is 1. The number of amides is 1. The number of nitrogens with one attached hydrogen (secondary N) is 1. The predicted molar refractivity (Wildman–Crippen MR) is 87.6 cm³/mol. The molecule has 1 aromatic heterocycles. The third-order valence-electron chi connectivity index (χ3n) is 3.01. The lowest BCUT2D eigenvalue weighted by molar-refractivity contribution is -0.121. The molecular formula is C16H17ClN2OS. The molecule has 0 radical (unpaired) electrons.